The van der Waals surface area contributed by atoms with Crippen LogP contribution in [0.3, 0.4) is 0 Å². The molecular weight excluding hydrogens is 316 g/mol. The summed E-state index contributed by atoms with van der Waals surface area (Å²) in [7, 11) is 1.65. The molecule has 1 aliphatic rings. The lowest BCUT2D eigenvalue weighted by Gasteiger charge is -2.16. The van der Waals surface area contributed by atoms with E-state index < -0.39 is 17.9 Å². The highest BCUT2D eigenvalue weighted by Crippen LogP contribution is 2.24. The summed E-state index contributed by atoms with van der Waals surface area (Å²) in [6, 6.07) is 0. The largest absolute Gasteiger partial charge is 0.394 e. The second-order valence-corrected chi connectivity index (χ2v) is 5.43. The molecule has 1 saturated heterocycles. The van der Waals surface area contributed by atoms with Gasteiger partial charge in [0.1, 0.15) is 0 Å². The molecule has 0 aromatic rings. The Morgan fingerprint density at radius 2 is 2.00 bits per heavy atom. The second-order valence-electron chi connectivity index (χ2n) is 5.43. The van der Waals surface area contributed by atoms with E-state index in [0.29, 0.717) is 37.8 Å². The van der Waals surface area contributed by atoms with E-state index in [1.54, 1.807) is 7.05 Å². The van der Waals surface area contributed by atoms with E-state index in [1.165, 1.54) is 6.20 Å². The molecule has 2 unspecified atom stereocenters. The van der Waals surface area contributed by atoms with Crippen LogP contribution < -0.4 is 21.7 Å². The summed E-state index contributed by atoms with van der Waals surface area (Å²) in [5, 5.41) is 7.58. The number of primary amides is 1. The third-order valence-electron chi connectivity index (χ3n) is 3.56. The molecule has 0 aliphatic carbocycles. The lowest BCUT2D eigenvalue weighted by atomic mass is 10.1. The minimum Gasteiger partial charge on any atom is -0.394 e. The third kappa shape index (κ3) is 6.78. The monoisotopic (exact) mass is 340 g/mol. The van der Waals surface area contributed by atoms with E-state index in [1.807, 2.05) is 0 Å². The number of imide groups is 1. The minimum absolute atomic E-state index is 0.173. The maximum Gasteiger partial charge on any atom is 0.257 e. The number of carbonyl (C=O) groups excluding carboxylic acids is 4. The first kappa shape index (κ1) is 19.6. The van der Waals surface area contributed by atoms with Gasteiger partial charge in [0, 0.05) is 32.6 Å². The average Bonchev–Trinajstić information content (AvgIpc) is 2.99. The fraction of sp³-hybridized carbons (Fsp3) is 0.600. The molecule has 9 heteroatoms. The molecule has 4 amide bonds. The van der Waals surface area contributed by atoms with Crippen molar-refractivity contribution < 1.29 is 23.9 Å². The molecule has 2 atom stereocenters. The first-order valence-corrected chi connectivity index (χ1v) is 7.80. The molecular formula is C15H24N4O5. The van der Waals surface area contributed by atoms with E-state index in [2.05, 4.69) is 16.0 Å². The summed E-state index contributed by atoms with van der Waals surface area (Å²) >= 11 is 0. The Kier molecular flexibility index (Phi) is 8.48. The Bertz CT molecular complexity index is 506. The Labute approximate surface area is 140 Å². The third-order valence-corrected chi connectivity index (χ3v) is 3.56. The molecule has 1 aliphatic heterocycles. The predicted molar refractivity (Wildman–Crippen MR) is 85.3 cm³/mol. The van der Waals surface area contributed by atoms with Crippen molar-refractivity contribution in [3.05, 3.63) is 11.8 Å². The maximum atomic E-state index is 11.8. The lowest BCUT2D eigenvalue weighted by Crippen LogP contribution is -2.34. The Morgan fingerprint density at radius 1 is 1.25 bits per heavy atom. The van der Waals surface area contributed by atoms with Crippen LogP contribution in [-0.2, 0) is 23.9 Å². The number of nitrogens with one attached hydrogen (secondary N) is 3. The van der Waals surface area contributed by atoms with Crippen LogP contribution in [-0.4, -0.2) is 49.9 Å². The van der Waals surface area contributed by atoms with Gasteiger partial charge in [-0.25, -0.2) is 0 Å². The van der Waals surface area contributed by atoms with Gasteiger partial charge >= 0.3 is 0 Å². The quantitative estimate of drug-likeness (QED) is 0.287. The zero-order chi connectivity index (χ0) is 17.9. The van der Waals surface area contributed by atoms with Crippen LogP contribution in [0, 0.1) is 0 Å². The van der Waals surface area contributed by atoms with E-state index in [-0.39, 0.29) is 24.9 Å². The van der Waals surface area contributed by atoms with Crippen LogP contribution in [0.25, 0.3) is 0 Å². The molecule has 0 spiro atoms. The molecule has 0 bridgehead atoms. The number of nitrogens with two attached hydrogens (primary N) is 1. The van der Waals surface area contributed by atoms with Crippen LogP contribution in [0.4, 0.5) is 0 Å². The minimum atomic E-state index is -0.513. The zero-order valence-electron chi connectivity index (χ0n) is 13.7. The van der Waals surface area contributed by atoms with Gasteiger partial charge in [0.15, 0.2) is 0 Å². The van der Waals surface area contributed by atoms with Crippen molar-refractivity contribution in [1.82, 2.24) is 16.0 Å². The van der Waals surface area contributed by atoms with Crippen molar-refractivity contribution >= 4 is 24.1 Å². The lowest BCUT2D eigenvalue weighted by molar-refractivity contribution is -0.125. The number of carbonyl (C=O) groups is 4. The van der Waals surface area contributed by atoms with Gasteiger partial charge < -0.3 is 21.1 Å². The van der Waals surface area contributed by atoms with Gasteiger partial charge in [-0.2, -0.15) is 0 Å². The zero-order valence-corrected chi connectivity index (χ0v) is 13.7. The van der Waals surface area contributed by atoms with Crippen molar-refractivity contribution in [1.29, 1.82) is 0 Å². The van der Waals surface area contributed by atoms with Crippen molar-refractivity contribution in [3.8, 4) is 0 Å². The van der Waals surface area contributed by atoms with E-state index in [4.69, 9.17) is 10.5 Å². The van der Waals surface area contributed by atoms with E-state index in [9.17, 15) is 19.2 Å². The number of hydrogen-bond acceptors (Lipinski definition) is 6. The second kappa shape index (κ2) is 10.4. The number of ether oxygens (including phenoxy) is 1. The topological polar surface area (TPSA) is 140 Å². The summed E-state index contributed by atoms with van der Waals surface area (Å²) < 4.78 is 5.76. The highest BCUT2D eigenvalue weighted by Gasteiger charge is 2.31. The summed E-state index contributed by atoms with van der Waals surface area (Å²) in [6.07, 6.45) is 3.29. The van der Waals surface area contributed by atoms with Crippen molar-refractivity contribution in [3.63, 3.8) is 0 Å². The molecule has 9 nitrogen and oxygen atoms in total. The van der Waals surface area contributed by atoms with E-state index in [0.717, 1.165) is 0 Å². The Morgan fingerprint density at radius 3 is 2.62 bits per heavy atom. The predicted octanol–water partition coefficient (Wildman–Crippen LogP) is -1.32. The standard InChI is InChI=1S/C15H24N4O5/c1-17-8-11(15(23)19-9-20)12-6-5-10(24-12)7-18-14(22)4-2-3-13(16)21/h8-10,12,17H,2-7H2,1H3,(H2,16,21)(H,18,22)(H,19,20,23)/b11-8-. The molecule has 0 radical (unpaired) electrons. The number of amides is 4. The van der Waals surface area contributed by atoms with Crippen molar-refractivity contribution in [2.75, 3.05) is 13.6 Å². The first-order chi connectivity index (χ1) is 11.5. The van der Waals surface area contributed by atoms with Crippen LogP contribution in [0.15, 0.2) is 11.8 Å². The Hall–Kier alpha value is -2.42. The summed E-state index contributed by atoms with van der Waals surface area (Å²) in [5.41, 5.74) is 5.34. The van der Waals surface area contributed by atoms with Gasteiger partial charge in [0.2, 0.25) is 18.2 Å². The van der Waals surface area contributed by atoms with Crippen LogP contribution in [0.5, 0.6) is 0 Å². The molecule has 24 heavy (non-hydrogen) atoms. The van der Waals surface area contributed by atoms with Crippen molar-refractivity contribution in [2.45, 2.75) is 44.3 Å². The summed E-state index contributed by atoms with van der Waals surface area (Å²) in [5.74, 6) is -1.12. The highest BCUT2D eigenvalue weighted by atomic mass is 16.5. The van der Waals surface area contributed by atoms with Crippen molar-refractivity contribution in [2.24, 2.45) is 5.73 Å². The molecule has 0 saturated carbocycles. The molecule has 134 valence electrons. The summed E-state index contributed by atoms with van der Waals surface area (Å²) in [6.45, 7) is 0.327. The molecule has 1 heterocycles. The highest BCUT2D eigenvalue weighted by molar-refractivity contribution is 5.99. The average molecular weight is 340 g/mol. The summed E-state index contributed by atoms with van der Waals surface area (Å²) in [4.78, 5) is 44.5. The maximum absolute atomic E-state index is 11.8. The van der Waals surface area contributed by atoms with E-state index >= 15 is 0 Å². The van der Waals surface area contributed by atoms with Gasteiger partial charge in [-0.05, 0) is 19.3 Å². The Balaban J connectivity index is 2.40. The van der Waals surface area contributed by atoms with Gasteiger partial charge in [0.25, 0.3) is 5.91 Å². The van der Waals surface area contributed by atoms with Crippen LogP contribution in [0.2, 0.25) is 0 Å². The fourth-order valence-electron chi connectivity index (χ4n) is 2.42. The van der Waals surface area contributed by atoms with Gasteiger partial charge in [-0.3, -0.25) is 24.5 Å². The normalized spacial score (nSPS) is 20.3. The van der Waals surface area contributed by atoms with Crippen LogP contribution >= 0.6 is 0 Å². The molecule has 0 aromatic heterocycles. The van der Waals surface area contributed by atoms with Gasteiger partial charge in [-0.15, -0.1) is 0 Å². The van der Waals surface area contributed by atoms with Gasteiger partial charge in [-0.1, -0.05) is 0 Å². The molecule has 0 aromatic carbocycles. The molecule has 1 fully saturated rings. The van der Waals surface area contributed by atoms with Crippen LogP contribution in [0.1, 0.15) is 32.1 Å². The van der Waals surface area contributed by atoms with Gasteiger partial charge in [0.05, 0.1) is 17.8 Å². The number of rotatable bonds is 10. The molecule has 1 rings (SSSR count). The molecule has 5 N–H and O–H groups in total. The first-order valence-electron chi connectivity index (χ1n) is 7.80. The smallest absolute Gasteiger partial charge is 0.257 e. The number of hydrogen-bond donors (Lipinski definition) is 4. The SMILES string of the molecule is CN/C=C(\C(=O)NC=O)C1CCC(CNC(=O)CCCC(N)=O)O1. The fourth-order valence-corrected chi connectivity index (χ4v) is 2.42.